The fourth-order valence-corrected chi connectivity index (χ4v) is 4.51. The number of anilines is 1. The van der Waals surface area contributed by atoms with Crippen LogP contribution in [0.1, 0.15) is 36.9 Å². The Morgan fingerprint density at radius 2 is 1.85 bits per heavy atom. The molecule has 6 nitrogen and oxygen atoms in total. The molecule has 7 heteroatoms. The summed E-state index contributed by atoms with van der Waals surface area (Å²) in [6.07, 6.45) is -0.265. The first kappa shape index (κ1) is 22.9. The fraction of sp³-hybridized carbons (Fsp3) is 0.269. The summed E-state index contributed by atoms with van der Waals surface area (Å²) in [4.78, 5) is 12.7. The van der Waals surface area contributed by atoms with Crippen LogP contribution >= 0.6 is 11.8 Å². The maximum Gasteiger partial charge on any atom is 0.234 e. The monoisotopic (exact) mass is 460 g/mol. The van der Waals surface area contributed by atoms with Crippen LogP contribution in [0.3, 0.4) is 0 Å². The third-order valence-corrected chi connectivity index (χ3v) is 6.58. The quantitative estimate of drug-likeness (QED) is 0.330. The number of aromatic nitrogens is 3. The number of ether oxygens (including phenoxy) is 1. The van der Waals surface area contributed by atoms with Crippen LogP contribution in [0.2, 0.25) is 0 Å². The number of thioether (sulfide) groups is 1. The first-order chi connectivity index (χ1) is 16.0. The van der Waals surface area contributed by atoms with Crippen LogP contribution in [0, 0.1) is 13.8 Å². The molecule has 33 heavy (non-hydrogen) atoms. The van der Waals surface area contributed by atoms with Gasteiger partial charge in [0.1, 0.15) is 5.75 Å². The predicted molar refractivity (Wildman–Crippen MR) is 134 cm³/mol. The normalized spacial score (nSPS) is 12.0. The molecule has 0 aliphatic rings. The summed E-state index contributed by atoms with van der Waals surface area (Å²) in [5.41, 5.74) is 3.23. The zero-order chi connectivity index (χ0) is 23.4. The molecule has 0 aliphatic heterocycles. The van der Waals surface area contributed by atoms with E-state index < -0.39 is 0 Å². The number of carbonyl (C=O) groups excluding carboxylic acids is 1. The highest BCUT2D eigenvalue weighted by Crippen LogP contribution is 2.27. The highest BCUT2D eigenvalue weighted by Gasteiger charge is 2.20. The molecule has 0 aliphatic carbocycles. The standard InChI is InChI=1S/C26H28N4O2S/c1-5-30-25(19(4)32-21-14-13-17(2)18(3)15-21)28-29-26(30)33-16-24(31)27-23-12-8-10-20-9-6-7-11-22(20)23/h6-15,19H,5,16H2,1-4H3,(H,27,31). The maximum atomic E-state index is 12.7. The Labute approximate surface area is 198 Å². The van der Waals surface area contributed by atoms with Gasteiger partial charge in [-0.15, -0.1) is 10.2 Å². The zero-order valence-electron chi connectivity index (χ0n) is 19.3. The summed E-state index contributed by atoms with van der Waals surface area (Å²) in [6, 6.07) is 20.0. The van der Waals surface area contributed by atoms with Gasteiger partial charge in [0.05, 0.1) is 5.75 Å². The lowest BCUT2D eigenvalue weighted by atomic mass is 10.1. The third-order valence-electron chi connectivity index (χ3n) is 5.61. The van der Waals surface area contributed by atoms with E-state index in [1.54, 1.807) is 0 Å². The average molecular weight is 461 g/mol. The van der Waals surface area contributed by atoms with Crippen molar-refractivity contribution in [3.63, 3.8) is 0 Å². The molecule has 0 saturated carbocycles. The van der Waals surface area contributed by atoms with Crippen molar-refractivity contribution in [3.05, 3.63) is 77.6 Å². The van der Waals surface area contributed by atoms with Gasteiger partial charge in [0.25, 0.3) is 0 Å². The molecule has 1 N–H and O–H groups in total. The largest absolute Gasteiger partial charge is 0.483 e. The summed E-state index contributed by atoms with van der Waals surface area (Å²) >= 11 is 1.38. The number of fused-ring (bicyclic) bond motifs is 1. The van der Waals surface area contributed by atoms with Gasteiger partial charge in [0.2, 0.25) is 5.91 Å². The van der Waals surface area contributed by atoms with Crippen molar-refractivity contribution in [2.24, 2.45) is 0 Å². The molecule has 1 atom stereocenters. The van der Waals surface area contributed by atoms with Crippen LogP contribution < -0.4 is 10.1 Å². The summed E-state index contributed by atoms with van der Waals surface area (Å²) in [6.45, 7) is 8.84. The number of aryl methyl sites for hydroxylation is 2. The second-order valence-electron chi connectivity index (χ2n) is 7.95. The molecule has 0 bridgehead atoms. The number of hydrogen-bond acceptors (Lipinski definition) is 5. The summed E-state index contributed by atoms with van der Waals surface area (Å²) < 4.78 is 8.13. The van der Waals surface area contributed by atoms with Gasteiger partial charge in [0, 0.05) is 17.6 Å². The van der Waals surface area contributed by atoms with Gasteiger partial charge in [-0.25, -0.2) is 0 Å². The van der Waals surface area contributed by atoms with E-state index in [1.165, 1.54) is 22.9 Å². The van der Waals surface area contributed by atoms with E-state index in [9.17, 15) is 4.79 Å². The number of benzene rings is 3. The molecule has 1 unspecified atom stereocenters. The van der Waals surface area contributed by atoms with Crippen LogP contribution in [-0.2, 0) is 11.3 Å². The van der Waals surface area contributed by atoms with Crippen molar-refractivity contribution >= 4 is 34.1 Å². The lowest BCUT2D eigenvalue weighted by molar-refractivity contribution is -0.113. The van der Waals surface area contributed by atoms with E-state index in [4.69, 9.17) is 4.74 Å². The summed E-state index contributed by atoms with van der Waals surface area (Å²) in [5, 5.41) is 14.5. The Hall–Kier alpha value is -3.32. The number of carbonyl (C=O) groups is 1. The molecule has 0 fully saturated rings. The highest BCUT2D eigenvalue weighted by molar-refractivity contribution is 7.99. The molecule has 170 valence electrons. The number of hydrogen-bond donors (Lipinski definition) is 1. The number of amides is 1. The van der Waals surface area contributed by atoms with Crippen molar-refractivity contribution in [3.8, 4) is 5.75 Å². The Balaban J connectivity index is 1.42. The molecule has 1 heterocycles. The highest BCUT2D eigenvalue weighted by atomic mass is 32.2. The molecule has 0 radical (unpaired) electrons. The minimum Gasteiger partial charge on any atom is -0.483 e. The molecule has 0 saturated heterocycles. The first-order valence-electron chi connectivity index (χ1n) is 11.0. The predicted octanol–water partition coefficient (Wildman–Crippen LogP) is 5.94. The zero-order valence-corrected chi connectivity index (χ0v) is 20.1. The maximum absolute atomic E-state index is 12.7. The Morgan fingerprint density at radius 3 is 2.64 bits per heavy atom. The summed E-state index contributed by atoms with van der Waals surface area (Å²) in [7, 11) is 0. The van der Waals surface area contributed by atoms with Gasteiger partial charge in [-0.3, -0.25) is 4.79 Å². The molecular weight excluding hydrogens is 432 g/mol. The molecule has 1 aromatic heterocycles. The molecular formula is C26H28N4O2S. The van der Waals surface area contributed by atoms with Crippen LogP contribution in [0.25, 0.3) is 10.8 Å². The van der Waals surface area contributed by atoms with Crippen LogP contribution in [0.15, 0.2) is 65.8 Å². The van der Waals surface area contributed by atoms with Gasteiger partial charge in [-0.1, -0.05) is 54.2 Å². The van der Waals surface area contributed by atoms with Crippen LogP contribution in [-0.4, -0.2) is 26.4 Å². The van der Waals surface area contributed by atoms with Gasteiger partial charge < -0.3 is 14.6 Å². The average Bonchev–Trinajstić information content (AvgIpc) is 3.23. The molecule has 3 aromatic carbocycles. The molecule has 1 amide bonds. The molecule has 0 spiro atoms. The van der Waals surface area contributed by atoms with E-state index >= 15 is 0 Å². The van der Waals surface area contributed by atoms with Gasteiger partial charge in [-0.05, 0) is 62.4 Å². The van der Waals surface area contributed by atoms with Crippen molar-refractivity contribution in [2.75, 3.05) is 11.1 Å². The molecule has 4 rings (SSSR count). The van der Waals surface area contributed by atoms with Gasteiger partial charge in [-0.2, -0.15) is 0 Å². The third kappa shape index (κ3) is 5.20. The van der Waals surface area contributed by atoms with E-state index in [1.807, 2.05) is 73.0 Å². The van der Waals surface area contributed by atoms with Gasteiger partial charge in [0.15, 0.2) is 17.1 Å². The van der Waals surface area contributed by atoms with Crippen LogP contribution in [0.4, 0.5) is 5.69 Å². The lowest BCUT2D eigenvalue weighted by Crippen LogP contribution is -2.15. The fourth-order valence-electron chi connectivity index (χ4n) is 3.70. The SMILES string of the molecule is CCn1c(SCC(=O)Nc2cccc3ccccc23)nnc1C(C)Oc1ccc(C)c(C)c1. The van der Waals surface area contributed by atoms with Crippen molar-refractivity contribution in [1.29, 1.82) is 0 Å². The van der Waals surface area contributed by atoms with E-state index in [-0.39, 0.29) is 17.8 Å². The Bertz CT molecular complexity index is 1280. The molecule has 4 aromatic rings. The van der Waals surface area contributed by atoms with Crippen LogP contribution in [0.5, 0.6) is 5.75 Å². The minimum absolute atomic E-state index is 0.0806. The first-order valence-corrected chi connectivity index (χ1v) is 12.0. The van der Waals surface area contributed by atoms with E-state index in [2.05, 4.69) is 35.4 Å². The number of nitrogens with one attached hydrogen (secondary N) is 1. The number of nitrogens with zero attached hydrogens (tertiary/aromatic N) is 3. The van der Waals surface area contributed by atoms with Gasteiger partial charge >= 0.3 is 0 Å². The summed E-state index contributed by atoms with van der Waals surface area (Å²) in [5.74, 6) is 1.71. The second-order valence-corrected chi connectivity index (χ2v) is 8.90. The van der Waals surface area contributed by atoms with E-state index in [0.717, 1.165) is 28.0 Å². The second kappa shape index (κ2) is 10.1. The Morgan fingerprint density at radius 1 is 1.06 bits per heavy atom. The minimum atomic E-state index is -0.265. The van der Waals surface area contributed by atoms with Crippen molar-refractivity contribution < 1.29 is 9.53 Å². The van der Waals surface area contributed by atoms with E-state index in [0.29, 0.717) is 11.7 Å². The topological polar surface area (TPSA) is 69.0 Å². The lowest BCUT2D eigenvalue weighted by Gasteiger charge is -2.16. The smallest absolute Gasteiger partial charge is 0.234 e. The number of rotatable bonds is 8. The van der Waals surface area contributed by atoms with Crippen molar-refractivity contribution in [2.45, 2.75) is 45.5 Å². The van der Waals surface area contributed by atoms with Crippen molar-refractivity contribution in [1.82, 2.24) is 14.8 Å². The Kier molecular flexibility index (Phi) is 6.99.